The number of para-hydroxylation sites is 1. The molecular formula is C14H23NO. The van der Waals surface area contributed by atoms with Gasteiger partial charge in [-0.3, -0.25) is 4.90 Å². The summed E-state index contributed by atoms with van der Waals surface area (Å²) < 4.78 is 0. The molecule has 0 aromatic heterocycles. The second-order valence-electron chi connectivity index (χ2n) is 4.41. The Hall–Kier alpha value is -1.02. The van der Waals surface area contributed by atoms with Crippen LogP contribution in [0.1, 0.15) is 45.7 Å². The summed E-state index contributed by atoms with van der Waals surface area (Å²) in [6.45, 7) is 9.74. The summed E-state index contributed by atoms with van der Waals surface area (Å²) >= 11 is 0. The first-order valence-electron chi connectivity index (χ1n) is 6.15. The topological polar surface area (TPSA) is 23.5 Å². The Labute approximate surface area is 98.9 Å². The van der Waals surface area contributed by atoms with Crippen molar-refractivity contribution in [3.05, 3.63) is 29.8 Å². The van der Waals surface area contributed by atoms with Gasteiger partial charge in [0.25, 0.3) is 0 Å². The second kappa shape index (κ2) is 5.90. The van der Waals surface area contributed by atoms with Crippen LogP contribution >= 0.6 is 0 Å². The third-order valence-corrected chi connectivity index (χ3v) is 3.11. The van der Waals surface area contributed by atoms with Crippen molar-refractivity contribution >= 4 is 0 Å². The van der Waals surface area contributed by atoms with Crippen molar-refractivity contribution in [3.63, 3.8) is 0 Å². The summed E-state index contributed by atoms with van der Waals surface area (Å²) in [6, 6.07) is 8.46. The minimum Gasteiger partial charge on any atom is -0.508 e. The first kappa shape index (κ1) is 13.0. The number of nitrogens with zero attached hydrogens (tertiary/aromatic N) is 1. The Bertz CT molecular complexity index is 322. The third kappa shape index (κ3) is 2.76. The molecule has 0 fully saturated rings. The molecule has 0 aliphatic rings. The van der Waals surface area contributed by atoms with Crippen molar-refractivity contribution < 1.29 is 5.11 Å². The van der Waals surface area contributed by atoms with Crippen LogP contribution in [0.3, 0.4) is 0 Å². The highest BCUT2D eigenvalue weighted by atomic mass is 16.3. The van der Waals surface area contributed by atoms with Gasteiger partial charge in [-0.2, -0.15) is 0 Å². The van der Waals surface area contributed by atoms with Gasteiger partial charge in [0.15, 0.2) is 0 Å². The van der Waals surface area contributed by atoms with Gasteiger partial charge in [-0.15, -0.1) is 0 Å². The minimum atomic E-state index is 0.311. The maximum absolute atomic E-state index is 9.91. The number of hydrogen-bond acceptors (Lipinski definition) is 2. The quantitative estimate of drug-likeness (QED) is 0.821. The zero-order valence-corrected chi connectivity index (χ0v) is 10.8. The smallest absolute Gasteiger partial charge is 0.120 e. The molecule has 0 spiro atoms. The van der Waals surface area contributed by atoms with Crippen molar-refractivity contribution in [3.8, 4) is 5.75 Å². The molecule has 1 aromatic carbocycles. The second-order valence-corrected chi connectivity index (χ2v) is 4.41. The fourth-order valence-corrected chi connectivity index (χ4v) is 2.35. The Morgan fingerprint density at radius 1 is 1.19 bits per heavy atom. The lowest BCUT2D eigenvalue weighted by Crippen LogP contribution is -2.34. The lowest BCUT2D eigenvalue weighted by molar-refractivity contribution is 0.155. The van der Waals surface area contributed by atoms with Crippen LogP contribution in [-0.4, -0.2) is 22.6 Å². The molecule has 0 heterocycles. The monoisotopic (exact) mass is 221 g/mol. The van der Waals surface area contributed by atoms with Crippen LogP contribution in [-0.2, 0) is 0 Å². The van der Waals surface area contributed by atoms with Gasteiger partial charge in [-0.25, -0.2) is 0 Å². The number of aromatic hydroxyl groups is 1. The molecule has 0 saturated heterocycles. The van der Waals surface area contributed by atoms with Gasteiger partial charge in [-0.05, 0) is 32.9 Å². The van der Waals surface area contributed by atoms with E-state index in [1.807, 2.05) is 18.2 Å². The molecule has 1 unspecified atom stereocenters. The van der Waals surface area contributed by atoms with Gasteiger partial charge in [0.05, 0.1) is 0 Å². The van der Waals surface area contributed by atoms with Crippen molar-refractivity contribution in [2.24, 2.45) is 0 Å². The zero-order chi connectivity index (χ0) is 12.1. The van der Waals surface area contributed by atoms with Crippen LogP contribution in [0.15, 0.2) is 24.3 Å². The summed E-state index contributed by atoms with van der Waals surface area (Å²) in [7, 11) is 0. The number of phenolic OH excluding ortho intramolecular Hbond substituents is 1. The van der Waals surface area contributed by atoms with Crippen LogP contribution in [0.5, 0.6) is 5.75 Å². The highest BCUT2D eigenvalue weighted by Crippen LogP contribution is 2.31. The Balaban J connectivity index is 3.02. The molecule has 2 nitrogen and oxygen atoms in total. The Kier molecular flexibility index (Phi) is 4.81. The first-order chi connectivity index (χ1) is 7.61. The predicted octanol–water partition coefficient (Wildman–Crippen LogP) is 3.57. The van der Waals surface area contributed by atoms with Crippen LogP contribution < -0.4 is 0 Å². The van der Waals surface area contributed by atoms with E-state index in [4.69, 9.17) is 0 Å². The molecular weight excluding hydrogens is 198 g/mol. The lowest BCUT2D eigenvalue weighted by Gasteiger charge is -2.34. The molecule has 0 saturated carbocycles. The highest BCUT2D eigenvalue weighted by Gasteiger charge is 2.21. The van der Waals surface area contributed by atoms with E-state index in [9.17, 15) is 5.11 Å². The van der Waals surface area contributed by atoms with Crippen molar-refractivity contribution in [2.45, 2.75) is 46.2 Å². The van der Waals surface area contributed by atoms with Gasteiger partial charge in [0, 0.05) is 17.6 Å². The SMILES string of the molecule is CCC(c1ccccc1O)N(CC)C(C)C. The average molecular weight is 221 g/mol. The fraction of sp³-hybridized carbons (Fsp3) is 0.571. The van der Waals surface area contributed by atoms with E-state index < -0.39 is 0 Å². The largest absolute Gasteiger partial charge is 0.508 e. The molecule has 16 heavy (non-hydrogen) atoms. The van der Waals surface area contributed by atoms with E-state index in [0.717, 1.165) is 18.5 Å². The Morgan fingerprint density at radius 2 is 1.81 bits per heavy atom. The number of benzene rings is 1. The van der Waals surface area contributed by atoms with Gasteiger partial charge in [0.1, 0.15) is 5.75 Å². The van der Waals surface area contributed by atoms with Gasteiger partial charge < -0.3 is 5.11 Å². The van der Waals surface area contributed by atoms with E-state index in [1.165, 1.54) is 0 Å². The Morgan fingerprint density at radius 3 is 2.25 bits per heavy atom. The molecule has 2 heteroatoms. The molecule has 1 rings (SSSR count). The molecule has 1 atom stereocenters. The van der Waals surface area contributed by atoms with Crippen LogP contribution in [0.2, 0.25) is 0 Å². The standard InChI is InChI=1S/C14H23NO/c1-5-13(15(6-2)11(3)4)12-9-7-8-10-14(12)16/h7-11,13,16H,5-6H2,1-4H3. The molecule has 0 amide bonds. The summed E-state index contributed by atoms with van der Waals surface area (Å²) in [5, 5.41) is 9.91. The van der Waals surface area contributed by atoms with Crippen LogP contribution in [0, 0.1) is 0 Å². The van der Waals surface area contributed by atoms with Gasteiger partial charge in [-0.1, -0.05) is 32.0 Å². The zero-order valence-electron chi connectivity index (χ0n) is 10.8. The normalized spacial score (nSPS) is 13.4. The minimum absolute atomic E-state index is 0.311. The predicted molar refractivity (Wildman–Crippen MR) is 68.7 cm³/mol. The van der Waals surface area contributed by atoms with Gasteiger partial charge in [0.2, 0.25) is 0 Å². The van der Waals surface area contributed by atoms with E-state index >= 15 is 0 Å². The lowest BCUT2D eigenvalue weighted by atomic mass is 10.0. The summed E-state index contributed by atoms with van der Waals surface area (Å²) in [5.74, 6) is 0.411. The molecule has 0 aliphatic carbocycles. The number of hydrogen-bond donors (Lipinski definition) is 1. The van der Waals surface area contributed by atoms with Crippen molar-refractivity contribution in [1.29, 1.82) is 0 Å². The molecule has 90 valence electrons. The molecule has 0 bridgehead atoms. The molecule has 1 N–H and O–H groups in total. The maximum atomic E-state index is 9.91. The maximum Gasteiger partial charge on any atom is 0.120 e. The third-order valence-electron chi connectivity index (χ3n) is 3.11. The number of phenols is 1. The van der Waals surface area contributed by atoms with E-state index in [0.29, 0.717) is 17.8 Å². The van der Waals surface area contributed by atoms with Crippen molar-refractivity contribution in [1.82, 2.24) is 4.90 Å². The number of rotatable bonds is 5. The van der Waals surface area contributed by atoms with E-state index in [2.05, 4.69) is 32.6 Å². The molecule has 0 radical (unpaired) electrons. The average Bonchev–Trinajstić information content (AvgIpc) is 2.26. The first-order valence-corrected chi connectivity index (χ1v) is 6.15. The van der Waals surface area contributed by atoms with Crippen LogP contribution in [0.4, 0.5) is 0 Å². The van der Waals surface area contributed by atoms with Crippen molar-refractivity contribution in [2.75, 3.05) is 6.54 Å². The summed E-state index contributed by atoms with van der Waals surface area (Å²) in [5.41, 5.74) is 1.04. The fourth-order valence-electron chi connectivity index (χ4n) is 2.35. The van der Waals surface area contributed by atoms with Crippen LogP contribution in [0.25, 0.3) is 0 Å². The highest BCUT2D eigenvalue weighted by molar-refractivity contribution is 5.34. The molecule has 1 aromatic rings. The van der Waals surface area contributed by atoms with Gasteiger partial charge >= 0.3 is 0 Å². The summed E-state index contributed by atoms with van der Waals surface area (Å²) in [4.78, 5) is 2.41. The van der Waals surface area contributed by atoms with E-state index in [1.54, 1.807) is 6.07 Å². The molecule has 0 aliphatic heterocycles. The summed E-state index contributed by atoms with van der Waals surface area (Å²) in [6.07, 6.45) is 1.02. The van der Waals surface area contributed by atoms with E-state index in [-0.39, 0.29) is 0 Å².